The van der Waals surface area contributed by atoms with Crippen LogP contribution in [0.15, 0.2) is 24.3 Å². The van der Waals surface area contributed by atoms with E-state index in [0.29, 0.717) is 18.5 Å². The second-order valence-electron chi connectivity index (χ2n) is 4.81. The maximum Gasteiger partial charge on any atom is 0.246 e. The fourth-order valence-corrected chi connectivity index (χ4v) is 2.27. The Balaban J connectivity index is 2.00. The highest BCUT2D eigenvalue weighted by atomic mass is 16.3. The Morgan fingerprint density at radius 3 is 2.67 bits per heavy atom. The van der Waals surface area contributed by atoms with Gasteiger partial charge in [-0.1, -0.05) is 18.2 Å². The molecule has 5 nitrogen and oxygen atoms in total. The maximum absolute atomic E-state index is 11.9. The van der Waals surface area contributed by atoms with E-state index in [1.54, 1.807) is 6.07 Å². The number of carbonyl (C=O) groups is 2. The van der Waals surface area contributed by atoms with Gasteiger partial charge in [-0.15, -0.1) is 0 Å². The van der Waals surface area contributed by atoms with Crippen molar-refractivity contribution in [1.82, 2.24) is 5.32 Å². The Bertz CT molecular complexity index is 523. The molecule has 1 aliphatic carbocycles. The first-order valence-corrected chi connectivity index (χ1v) is 5.99. The lowest BCUT2D eigenvalue weighted by Crippen LogP contribution is -2.52. The van der Waals surface area contributed by atoms with Crippen LogP contribution in [0.25, 0.3) is 0 Å². The smallest absolute Gasteiger partial charge is 0.246 e. The van der Waals surface area contributed by atoms with E-state index >= 15 is 0 Å². The number of aliphatic hydroxyl groups is 1. The number of hydrogen-bond donors (Lipinski definition) is 2. The third-order valence-electron chi connectivity index (χ3n) is 3.46. The monoisotopic (exact) mass is 246 g/mol. The van der Waals surface area contributed by atoms with Crippen LogP contribution < -0.4 is 10.2 Å². The van der Waals surface area contributed by atoms with Crippen LogP contribution >= 0.6 is 0 Å². The summed E-state index contributed by atoms with van der Waals surface area (Å²) in [5.41, 5.74) is 0.579. The standard InChI is InChI=1S/C13H14N2O3/c16-11-8-15(12(17)7-14-11)10-4-2-1-3-9(10)13(18)5-6-13/h1-4,18H,5-8H2,(H,14,16). The van der Waals surface area contributed by atoms with Crippen molar-refractivity contribution in [3.8, 4) is 0 Å². The number of carbonyl (C=O) groups excluding carboxylic acids is 2. The third-order valence-corrected chi connectivity index (χ3v) is 3.46. The molecule has 1 aliphatic heterocycles. The minimum Gasteiger partial charge on any atom is -0.385 e. The van der Waals surface area contributed by atoms with Gasteiger partial charge in [-0.25, -0.2) is 0 Å². The van der Waals surface area contributed by atoms with E-state index in [4.69, 9.17) is 0 Å². The molecular formula is C13H14N2O3. The minimum atomic E-state index is -0.815. The molecule has 1 saturated carbocycles. The number of rotatable bonds is 2. The molecule has 0 bridgehead atoms. The molecule has 1 heterocycles. The van der Waals surface area contributed by atoms with E-state index in [-0.39, 0.29) is 24.9 Å². The predicted octanol–water partition coefficient (Wildman–Crippen LogP) is 0.131. The first-order valence-electron chi connectivity index (χ1n) is 5.99. The molecule has 2 N–H and O–H groups in total. The highest BCUT2D eigenvalue weighted by molar-refractivity contribution is 6.05. The summed E-state index contributed by atoms with van der Waals surface area (Å²) in [7, 11) is 0. The molecule has 2 amide bonds. The zero-order valence-electron chi connectivity index (χ0n) is 9.85. The SMILES string of the molecule is O=C1CN(c2ccccc2C2(O)CC2)C(=O)CN1. The fourth-order valence-electron chi connectivity index (χ4n) is 2.27. The molecular weight excluding hydrogens is 232 g/mol. The largest absolute Gasteiger partial charge is 0.385 e. The molecule has 1 aromatic rings. The van der Waals surface area contributed by atoms with Gasteiger partial charge in [-0.2, -0.15) is 0 Å². The van der Waals surface area contributed by atoms with Gasteiger partial charge in [-0.05, 0) is 18.9 Å². The lowest BCUT2D eigenvalue weighted by Gasteiger charge is -2.29. The van der Waals surface area contributed by atoms with Crippen molar-refractivity contribution < 1.29 is 14.7 Å². The Kier molecular flexibility index (Phi) is 2.38. The molecule has 5 heteroatoms. The van der Waals surface area contributed by atoms with Crippen LogP contribution in [0, 0.1) is 0 Å². The van der Waals surface area contributed by atoms with E-state index in [9.17, 15) is 14.7 Å². The van der Waals surface area contributed by atoms with Gasteiger partial charge in [-0.3, -0.25) is 9.59 Å². The molecule has 0 radical (unpaired) electrons. The van der Waals surface area contributed by atoms with Gasteiger partial charge in [0.05, 0.1) is 17.8 Å². The number of benzene rings is 1. The van der Waals surface area contributed by atoms with Crippen LogP contribution in [0.4, 0.5) is 5.69 Å². The van der Waals surface area contributed by atoms with Crippen LogP contribution in [-0.2, 0) is 15.2 Å². The molecule has 1 saturated heterocycles. The van der Waals surface area contributed by atoms with E-state index in [1.165, 1.54) is 4.90 Å². The maximum atomic E-state index is 11.9. The lowest BCUT2D eigenvalue weighted by molar-refractivity contribution is -0.128. The number of amides is 2. The van der Waals surface area contributed by atoms with Crippen molar-refractivity contribution >= 4 is 17.5 Å². The highest BCUT2D eigenvalue weighted by Gasteiger charge is 2.45. The van der Waals surface area contributed by atoms with Gasteiger partial charge in [0.2, 0.25) is 11.8 Å². The van der Waals surface area contributed by atoms with Crippen molar-refractivity contribution in [3.05, 3.63) is 29.8 Å². The van der Waals surface area contributed by atoms with Crippen LogP contribution in [0.5, 0.6) is 0 Å². The van der Waals surface area contributed by atoms with Crippen molar-refractivity contribution in [1.29, 1.82) is 0 Å². The number of hydrogen-bond acceptors (Lipinski definition) is 3. The second-order valence-corrected chi connectivity index (χ2v) is 4.81. The van der Waals surface area contributed by atoms with Crippen LogP contribution in [0.1, 0.15) is 18.4 Å². The van der Waals surface area contributed by atoms with Crippen molar-refractivity contribution in [2.75, 3.05) is 18.0 Å². The number of nitrogens with zero attached hydrogens (tertiary/aromatic N) is 1. The summed E-state index contributed by atoms with van der Waals surface area (Å²) in [6, 6.07) is 7.25. The lowest BCUT2D eigenvalue weighted by atomic mass is 10.0. The van der Waals surface area contributed by atoms with Crippen LogP contribution in [-0.4, -0.2) is 30.0 Å². The van der Waals surface area contributed by atoms with Crippen LogP contribution in [0.2, 0.25) is 0 Å². The van der Waals surface area contributed by atoms with Gasteiger partial charge in [0, 0.05) is 5.56 Å². The highest BCUT2D eigenvalue weighted by Crippen LogP contribution is 2.48. The molecule has 0 atom stereocenters. The van der Waals surface area contributed by atoms with Crippen LogP contribution in [0.3, 0.4) is 0 Å². The molecule has 2 fully saturated rings. The molecule has 0 aromatic heterocycles. The normalized spacial score (nSPS) is 21.7. The third kappa shape index (κ3) is 1.76. The van der Waals surface area contributed by atoms with Crippen molar-refractivity contribution in [2.24, 2.45) is 0 Å². The Labute approximate surface area is 104 Å². The number of nitrogens with one attached hydrogen (secondary N) is 1. The number of piperazine rings is 1. The Hall–Kier alpha value is -1.88. The Morgan fingerprint density at radius 2 is 1.94 bits per heavy atom. The van der Waals surface area contributed by atoms with E-state index < -0.39 is 5.60 Å². The summed E-state index contributed by atoms with van der Waals surface area (Å²) in [4.78, 5) is 24.7. The number of para-hydroxylation sites is 1. The molecule has 1 aromatic carbocycles. The second kappa shape index (κ2) is 3.81. The van der Waals surface area contributed by atoms with E-state index in [1.807, 2.05) is 18.2 Å². The molecule has 2 aliphatic rings. The fraction of sp³-hybridized carbons (Fsp3) is 0.385. The first-order chi connectivity index (χ1) is 8.60. The first kappa shape index (κ1) is 11.2. The molecule has 94 valence electrons. The van der Waals surface area contributed by atoms with Gasteiger partial charge < -0.3 is 15.3 Å². The van der Waals surface area contributed by atoms with E-state index in [2.05, 4.69) is 5.32 Å². The number of anilines is 1. The molecule has 0 unspecified atom stereocenters. The van der Waals surface area contributed by atoms with Gasteiger partial charge in [0.25, 0.3) is 0 Å². The Morgan fingerprint density at radius 1 is 1.22 bits per heavy atom. The zero-order chi connectivity index (χ0) is 12.8. The zero-order valence-corrected chi connectivity index (χ0v) is 9.85. The summed E-state index contributed by atoms with van der Waals surface area (Å²) in [6.07, 6.45) is 1.41. The average molecular weight is 246 g/mol. The summed E-state index contributed by atoms with van der Waals surface area (Å²) in [5.74, 6) is -0.321. The topological polar surface area (TPSA) is 69.6 Å². The summed E-state index contributed by atoms with van der Waals surface area (Å²) < 4.78 is 0. The molecule has 18 heavy (non-hydrogen) atoms. The summed E-state index contributed by atoms with van der Waals surface area (Å²) >= 11 is 0. The van der Waals surface area contributed by atoms with E-state index in [0.717, 1.165) is 5.56 Å². The quantitative estimate of drug-likeness (QED) is 0.779. The minimum absolute atomic E-state index is 0.0194. The average Bonchev–Trinajstić information content (AvgIpc) is 3.12. The summed E-state index contributed by atoms with van der Waals surface area (Å²) in [5, 5.41) is 12.7. The predicted molar refractivity (Wildman–Crippen MR) is 64.9 cm³/mol. The van der Waals surface area contributed by atoms with Gasteiger partial charge in [0.1, 0.15) is 6.54 Å². The van der Waals surface area contributed by atoms with Crippen molar-refractivity contribution in [2.45, 2.75) is 18.4 Å². The van der Waals surface area contributed by atoms with Crippen molar-refractivity contribution in [3.63, 3.8) is 0 Å². The summed E-state index contributed by atoms with van der Waals surface area (Å²) in [6.45, 7) is 0.0392. The van der Waals surface area contributed by atoms with Gasteiger partial charge in [0.15, 0.2) is 0 Å². The molecule has 0 spiro atoms. The van der Waals surface area contributed by atoms with Gasteiger partial charge >= 0.3 is 0 Å². The molecule has 3 rings (SSSR count).